The summed E-state index contributed by atoms with van der Waals surface area (Å²) in [5.74, 6) is 0.715. The quantitative estimate of drug-likeness (QED) is 0.926. The van der Waals surface area contributed by atoms with E-state index in [0.29, 0.717) is 12.0 Å². The first-order valence-corrected chi connectivity index (χ1v) is 8.30. The van der Waals surface area contributed by atoms with Gasteiger partial charge < -0.3 is 10.5 Å². The second kappa shape index (κ2) is 6.47. The highest BCUT2D eigenvalue weighted by molar-refractivity contribution is 5.21. The molecule has 1 aliphatic heterocycles. The van der Waals surface area contributed by atoms with E-state index in [1.54, 1.807) is 0 Å². The lowest BCUT2D eigenvalue weighted by atomic mass is 9.73. The van der Waals surface area contributed by atoms with Gasteiger partial charge in [0, 0.05) is 32.3 Å². The molecule has 1 aliphatic carbocycles. The summed E-state index contributed by atoms with van der Waals surface area (Å²) in [4.78, 5) is 2.61. The standard InChI is InChI=1S/C18H28N2O/c1-21-17-9-12-20(13-17)18(14-19)10-7-16(8-11-18)15-5-3-2-4-6-15/h2-6,16-17H,7-14,19H2,1H3. The number of nitrogens with two attached hydrogens (primary N) is 1. The largest absolute Gasteiger partial charge is 0.380 e. The van der Waals surface area contributed by atoms with E-state index < -0.39 is 0 Å². The second-order valence-electron chi connectivity index (χ2n) is 6.71. The van der Waals surface area contributed by atoms with E-state index in [2.05, 4.69) is 35.2 Å². The first kappa shape index (κ1) is 15.0. The summed E-state index contributed by atoms with van der Waals surface area (Å²) < 4.78 is 5.53. The Morgan fingerprint density at radius 1 is 1.19 bits per heavy atom. The van der Waals surface area contributed by atoms with Crippen molar-refractivity contribution in [3.05, 3.63) is 35.9 Å². The van der Waals surface area contributed by atoms with Crippen LogP contribution >= 0.6 is 0 Å². The Balaban J connectivity index is 1.65. The van der Waals surface area contributed by atoms with Gasteiger partial charge in [-0.1, -0.05) is 30.3 Å². The zero-order valence-electron chi connectivity index (χ0n) is 13.1. The van der Waals surface area contributed by atoms with Crippen molar-refractivity contribution in [3.8, 4) is 0 Å². The molecule has 1 unspecified atom stereocenters. The van der Waals surface area contributed by atoms with Crippen molar-refractivity contribution < 1.29 is 4.74 Å². The van der Waals surface area contributed by atoms with Gasteiger partial charge in [0.25, 0.3) is 0 Å². The van der Waals surface area contributed by atoms with E-state index in [0.717, 1.165) is 26.1 Å². The van der Waals surface area contributed by atoms with Crippen LogP contribution < -0.4 is 5.73 Å². The molecule has 3 nitrogen and oxygen atoms in total. The predicted molar refractivity (Wildman–Crippen MR) is 86.4 cm³/mol. The number of hydrogen-bond donors (Lipinski definition) is 1. The average Bonchev–Trinajstić information content (AvgIpc) is 3.05. The van der Waals surface area contributed by atoms with Crippen molar-refractivity contribution in [1.29, 1.82) is 0 Å². The minimum absolute atomic E-state index is 0.221. The van der Waals surface area contributed by atoms with E-state index in [-0.39, 0.29) is 5.54 Å². The van der Waals surface area contributed by atoms with Crippen molar-refractivity contribution in [2.24, 2.45) is 5.73 Å². The van der Waals surface area contributed by atoms with Gasteiger partial charge >= 0.3 is 0 Å². The lowest BCUT2D eigenvalue weighted by molar-refractivity contribution is 0.0476. The molecule has 0 radical (unpaired) electrons. The highest BCUT2D eigenvalue weighted by atomic mass is 16.5. The number of nitrogens with zero attached hydrogens (tertiary/aromatic N) is 1. The highest BCUT2D eigenvalue weighted by Gasteiger charge is 2.42. The summed E-state index contributed by atoms with van der Waals surface area (Å²) in [6.07, 6.45) is 6.52. The lowest BCUT2D eigenvalue weighted by Crippen LogP contribution is -2.54. The molecule has 3 rings (SSSR count). The third kappa shape index (κ3) is 3.01. The molecule has 1 atom stereocenters. The van der Waals surface area contributed by atoms with Crippen molar-refractivity contribution in [3.63, 3.8) is 0 Å². The summed E-state index contributed by atoms with van der Waals surface area (Å²) in [5.41, 5.74) is 7.93. The van der Waals surface area contributed by atoms with Crippen molar-refractivity contribution in [1.82, 2.24) is 4.90 Å². The summed E-state index contributed by atoms with van der Waals surface area (Å²) >= 11 is 0. The fraction of sp³-hybridized carbons (Fsp3) is 0.667. The fourth-order valence-corrected chi connectivity index (χ4v) is 4.21. The van der Waals surface area contributed by atoms with Crippen LogP contribution in [-0.4, -0.2) is 43.3 Å². The number of likely N-dealkylation sites (tertiary alicyclic amines) is 1. The minimum Gasteiger partial charge on any atom is -0.380 e. The Kier molecular flexibility index (Phi) is 4.63. The molecule has 0 aromatic heterocycles. The van der Waals surface area contributed by atoms with Crippen LogP contribution in [-0.2, 0) is 4.74 Å². The number of benzene rings is 1. The smallest absolute Gasteiger partial charge is 0.0710 e. The van der Waals surface area contributed by atoms with Crippen molar-refractivity contribution >= 4 is 0 Å². The van der Waals surface area contributed by atoms with E-state index in [4.69, 9.17) is 10.5 Å². The Morgan fingerprint density at radius 2 is 1.90 bits per heavy atom. The van der Waals surface area contributed by atoms with Gasteiger partial charge in [0.05, 0.1) is 6.10 Å². The summed E-state index contributed by atoms with van der Waals surface area (Å²) in [6.45, 7) is 2.99. The maximum atomic E-state index is 6.21. The molecule has 1 saturated carbocycles. The van der Waals surface area contributed by atoms with Gasteiger partial charge in [0.1, 0.15) is 0 Å². The summed E-state index contributed by atoms with van der Waals surface area (Å²) in [5, 5.41) is 0. The second-order valence-corrected chi connectivity index (χ2v) is 6.71. The molecule has 2 N–H and O–H groups in total. The molecule has 0 bridgehead atoms. The molecule has 1 aromatic rings. The Bertz CT molecular complexity index is 440. The number of hydrogen-bond acceptors (Lipinski definition) is 3. The van der Waals surface area contributed by atoms with Crippen LogP contribution in [0, 0.1) is 0 Å². The van der Waals surface area contributed by atoms with E-state index >= 15 is 0 Å². The molecular formula is C18H28N2O. The fourth-order valence-electron chi connectivity index (χ4n) is 4.21. The van der Waals surface area contributed by atoms with Gasteiger partial charge in [-0.15, -0.1) is 0 Å². The van der Waals surface area contributed by atoms with E-state index in [1.165, 1.54) is 31.2 Å². The summed E-state index contributed by atoms with van der Waals surface area (Å²) in [6, 6.07) is 11.0. The SMILES string of the molecule is COC1CCN(C2(CN)CCC(c3ccccc3)CC2)C1. The van der Waals surface area contributed by atoms with Gasteiger partial charge in [-0.2, -0.15) is 0 Å². The van der Waals surface area contributed by atoms with Gasteiger partial charge in [0.2, 0.25) is 0 Å². The van der Waals surface area contributed by atoms with Crippen molar-refractivity contribution in [2.75, 3.05) is 26.7 Å². The third-order valence-corrected chi connectivity index (χ3v) is 5.72. The van der Waals surface area contributed by atoms with Crippen LogP contribution in [0.5, 0.6) is 0 Å². The monoisotopic (exact) mass is 288 g/mol. The van der Waals surface area contributed by atoms with Gasteiger partial charge in [-0.25, -0.2) is 0 Å². The topological polar surface area (TPSA) is 38.5 Å². The molecule has 2 fully saturated rings. The van der Waals surface area contributed by atoms with Gasteiger partial charge in [-0.3, -0.25) is 4.90 Å². The molecule has 21 heavy (non-hydrogen) atoms. The first-order valence-electron chi connectivity index (χ1n) is 8.30. The van der Waals surface area contributed by atoms with Crippen LogP contribution in [0.1, 0.15) is 43.6 Å². The molecule has 1 saturated heterocycles. The summed E-state index contributed by atoms with van der Waals surface area (Å²) in [7, 11) is 1.83. The molecule has 1 aromatic carbocycles. The van der Waals surface area contributed by atoms with E-state index in [1.807, 2.05) is 7.11 Å². The van der Waals surface area contributed by atoms with Gasteiger partial charge in [0.15, 0.2) is 0 Å². The maximum absolute atomic E-state index is 6.21. The van der Waals surface area contributed by atoms with Crippen LogP contribution in [0.25, 0.3) is 0 Å². The van der Waals surface area contributed by atoms with Crippen molar-refractivity contribution in [2.45, 2.75) is 49.7 Å². The van der Waals surface area contributed by atoms with Crippen LogP contribution in [0.2, 0.25) is 0 Å². The molecule has 1 heterocycles. The Morgan fingerprint density at radius 3 is 2.48 bits per heavy atom. The highest BCUT2D eigenvalue weighted by Crippen LogP contribution is 2.41. The van der Waals surface area contributed by atoms with Crippen LogP contribution in [0.4, 0.5) is 0 Å². The Labute approximate surface area is 128 Å². The molecule has 3 heteroatoms. The zero-order chi connectivity index (χ0) is 14.7. The lowest BCUT2D eigenvalue weighted by Gasteiger charge is -2.46. The predicted octanol–water partition coefficient (Wildman–Crippen LogP) is 2.76. The van der Waals surface area contributed by atoms with E-state index in [9.17, 15) is 0 Å². The average molecular weight is 288 g/mol. The van der Waals surface area contributed by atoms with Gasteiger partial charge in [-0.05, 0) is 43.6 Å². The first-order chi connectivity index (χ1) is 10.3. The molecule has 0 spiro atoms. The van der Waals surface area contributed by atoms with Crippen LogP contribution in [0.15, 0.2) is 30.3 Å². The third-order valence-electron chi connectivity index (χ3n) is 5.72. The normalized spacial score (nSPS) is 34.2. The Hall–Kier alpha value is -0.900. The number of ether oxygens (including phenoxy) is 1. The molecule has 0 amide bonds. The molecular weight excluding hydrogens is 260 g/mol. The zero-order valence-corrected chi connectivity index (χ0v) is 13.1. The van der Waals surface area contributed by atoms with Crippen LogP contribution in [0.3, 0.4) is 0 Å². The maximum Gasteiger partial charge on any atom is 0.0710 e. The molecule has 2 aliphatic rings. The number of methoxy groups -OCH3 is 1. The minimum atomic E-state index is 0.221. The molecule has 116 valence electrons. The number of rotatable bonds is 4.